The third-order valence-corrected chi connectivity index (χ3v) is 5.05. The number of rotatable bonds is 3. The van der Waals surface area contributed by atoms with Crippen LogP contribution in [-0.2, 0) is 14.3 Å². The molecule has 3 aliphatic rings. The van der Waals surface area contributed by atoms with E-state index in [-0.39, 0.29) is 17.4 Å². The second-order valence-electron chi connectivity index (χ2n) is 6.14. The highest BCUT2D eigenvalue weighted by Gasteiger charge is 2.55. The quantitative estimate of drug-likeness (QED) is 0.750. The first-order chi connectivity index (χ1) is 10.4. The molecule has 22 heavy (non-hydrogen) atoms. The van der Waals surface area contributed by atoms with Gasteiger partial charge < -0.3 is 9.64 Å². The molecule has 3 atom stereocenters. The predicted octanol–water partition coefficient (Wildman–Crippen LogP) is 2.44. The predicted molar refractivity (Wildman–Crippen MR) is 70.7 cm³/mol. The van der Waals surface area contributed by atoms with Crippen molar-refractivity contribution in [3.8, 4) is 0 Å². The van der Waals surface area contributed by atoms with Gasteiger partial charge in [-0.2, -0.15) is 13.2 Å². The molecule has 1 aliphatic heterocycles. The monoisotopic (exact) mass is 317 g/mol. The maximum absolute atomic E-state index is 12.9. The summed E-state index contributed by atoms with van der Waals surface area (Å²) in [7, 11) is 1.27. The van der Waals surface area contributed by atoms with Crippen LogP contribution in [0.1, 0.15) is 32.1 Å². The van der Waals surface area contributed by atoms with Crippen molar-refractivity contribution in [2.45, 2.75) is 44.3 Å². The number of methoxy groups -OCH3 is 1. The number of carbonyl (C=O) groups is 2. The molecule has 0 bridgehead atoms. The first-order valence-corrected chi connectivity index (χ1v) is 7.56. The molecule has 0 aromatic heterocycles. The lowest BCUT2D eigenvalue weighted by Crippen LogP contribution is -2.47. The summed E-state index contributed by atoms with van der Waals surface area (Å²) in [4.78, 5) is 25.3. The Morgan fingerprint density at radius 2 is 1.82 bits per heavy atom. The Balaban J connectivity index is 1.96. The number of ether oxygens (including phenoxy) is 1. The van der Waals surface area contributed by atoms with Crippen LogP contribution in [0.15, 0.2) is 11.3 Å². The summed E-state index contributed by atoms with van der Waals surface area (Å²) in [6.07, 6.45) is -1.34. The zero-order chi connectivity index (χ0) is 16.1. The molecule has 122 valence electrons. The minimum atomic E-state index is -4.85. The summed E-state index contributed by atoms with van der Waals surface area (Å²) in [5.74, 6) is -2.47. The van der Waals surface area contributed by atoms with E-state index in [2.05, 4.69) is 0 Å². The number of ketones is 1. The number of fused-ring (bicyclic) bond motifs is 1. The van der Waals surface area contributed by atoms with Crippen molar-refractivity contribution in [3.63, 3.8) is 0 Å². The van der Waals surface area contributed by atoms with Gasteiger partial charge in [0, 0.05) is 23.7 Å². The van der Waals surface area contributed by atoms with Gasteiger partial charge in [0.15, 0.2) is 0 Å². The van der Waals surface area contributed by atoms with Gasteiger partial charge in [-0.25, -0.2) is 4.79 Å². The average molecular weight is 317 g/mol. The van der Waals surface area contributed by atoms with Crippen molar-refractivity contribution >= 4 is 11.8 Å². The fraction of sp³-hybridized carbons (Fsp3) is 0.733. The molecule has 0 amide bonds. The first-order valence-electron chi connectivity index (χ1n) is 7.56. The molecule has 0 aromatic rings. The minimum absolute atomic E-state index is 0.00782. The van der Waals surface area contributed by atoms with Crippen LogP contribution in [0, 0.1) is 11.8 Å². The molecular weight excluding hydrogens is 299 g/mol. The molecule has 1 heterocycles. The van der Waals surface area contributed by atoms with Gasteiger partial charge in [0.25, 0.3) is 5.78 Å². The zero-order valence-corrected chi connectivity index (χ0v) is 12.3. The van der Waals surface area contributed by atoms with Crippen LogP contribution >= 0.6 is 0 Å². The zero-order valence-electron chi connectivity index (χ0n) is 12.3. The lowest BCUT2D eigenvalue weighted by Gasteiger charge is -2.44. The molecule has 0 radical (unpaired) electrons. The third kappa shape index (κ3) is 2.21. The Morgan fingerprint density at radius 1 is 1.14 bits per heavy atom. The second-order valence-corrected chi connectivity index (χ2v) is 6.14. The van der Waals surface area contributed by atoms with E-state index < -0.39 is 24.0 Å². The van der Waals surface area contributed by atoms with Gasteiger partial charge in [-0.15, -0.1) is 0 Å². The fourth-order valence-corrected chi connectivity index (χ4v) is 4.17. The van der Waals surface area contributed by atoms with Gasteiger partial charge in [-0.3, -0.25) is 4.79 Å². The fourth-order valence-electron chi connectivity index (χ4n) is 4.17. The SMILES string of the molecule is COC(=O)C1CCCN1C1=C(C(=O)C(F)(F)F)C2CCCC12. The van der Waals surface area contributed by atoms with Crippen LogP contribution in [0.25, 0.3) is 0 Å². The standard InChI is InChI=1S/C15H18F3NO3/c1-22-14(21)10-6-3-7-19(10)12-9-5-2-4-8(9)11(12)13(20)15(16,17)18/h8-10H,2-7H2,1H3. The molecule has 0 N–H and O–H groups in total. The molecule has 3 unspecified atom stereocenters. The van der Waals surface area contributed by atoms with Crippen molar-refractivity contribution in [1.29, 1.82) is 0 Å². The number of alkyl halides is 3. The van der Waals surface area contributed by atoms with Gasteiger partial charge in [-0.05, 0) is 31.6 Å². The van der Waals surface area contributed by atoms with E-state index in [1.165, 1.54) is 7.11 Å². The molecule has 0 spiro atoms. The lowest BCUT2D eigenvalue weighted by atomic mass is 9.70. The number of halogens is 3. The topological polar surface area (TPSA) is 46.6 Å². The number of likely N-dealkylation sites (tertiary alicyclic amines) is 1. The van der Waals surface area contributed by atoms with Crippen LogP contribution in [0.5, 0.6) is 0 Å². The Labute approximate surface area is 126 Å². The molecule has 4 nitrogen and oxygen atoms in total. The molecule has 0 aromatic carbocycles. The molecule has 1 saturated heterocycles. The van der Waals surface area contributed by atoms with Gasteiger partial charge >= 0.3 is 12.1 Å². The van der Waals surface area contributed by atoms with Gasteiger partial charge in [-0.1, -0.05) is 6.42 Å². The summed E-state index contributed by atoms with van der Waals surface area (Å²) < 4.78 is 43.3. The third-order valence-electron chi connectivity index (χ3n) is 5.05. The van der Waals surface area contributed by atoms with E-state index in [1.807, 2.05) is 0 Å². The van der Waals surface area contributed by atoms with Crippen molar-refractivity contribution < 1.29 is 27.5 Å². The van der Waals surface area contributed by atoms with Crippen LogP contribution in [0.2, 0.25) is 0 Å². The number of hydrogen-bond acceptors (Lipinski definition) is 4. The summed E-state index contributed by atoms with van der Waals surface area (Å²) >= 11 is 0. The average Bonchev–Trinajstić information content (AvgIpc) is 3.06. The van der Waals surface area contributed by atoms with Crippen LogP contribution in [-0.4, -0.2) is 42.5 Å². The number of nitrogens with zero attached hydrogens (tertiary/aromatic N) is 1. The molecule has 2 aliphatic carbocycles. The Kier molecular flexibility index (Phi) is 3.69. The number of hydrogen-bond donors (Lipinski definition) is 0. The van der Waals surface area contributed by atoms with Crippen molar-refractivity contribution in [2.24, 2.45) is 11.8 Å². The summed E-state index contributed by atoms with van der Waals surface area (Å²) in [5, 5.41) is 0. The summed E-state index contributed by atoms with van der Waals surface area (Å²) in [6.45, 7) is 0.507. The second kappa shape index (κ2) is 5.28. The maximum atomic E-state index is 12.9. The largest absolute Gasteiger partial charge is 0.467 e. The highest BCUT2D eigenvalue weighted by Crippen LogP contribution is 2.55. The Bertz CT molecular complexity index is 541. The lowest BCUT2D eigenvalue weighted by molar-refractivity contribution is -0.168. The maximum Gasteiger partial charge on any atom is 0.454 e. The van der Waals surface area contributed by atoms with Gasteiger partial charge in [0.2, 0.25) is 0 Å². The van der Waals surface area contributed by atoms with Gasteiger partial charge in [0.1, 0.15) is 6.04 Å². The minimum Gasteiger partial charge on any atom is -0.467 e. The van der Waals surface area contributed by atoms with E-state index in [1.54, 1.807) is 4.90 Å². The van der Waals surface area contributed by atoms with E-state index >= 15 is 0 Å². The number of esters is 1. The van der Waals surface area contributed by atoms with Crippen LogP contribution in [0.4, 0.5) is 13.2 Å². The van der Waals surface area contributed by atoms with Crippen molar-refractivity contribution in [1.82, 2.24) is 4.90 Å². The molecule has 7 heteroatoms. The van der Waals surface area contributed by atoms with E-state index in [0.717, 1.165) is 12.8 Å². The van der Waals surface area contributed by atoms with Crippen LogP contribution < -0.4 is 0 Å². The normalized spacial score (nSPS) is 31.1. The highest BCUT2D eigenvalue weighted by molar-refractivity contribution is 6.02. The molecule has 1 saturated carbocycles. The van der Waals surface area contributed by atoms with Crippen molar-refractivity contribution in [2.75, 3.05) is 13.7 Å². The first kappa shape index (κ1) is 15.4. The van der Waals surface area contributed by atoms with E-state index in [4.69, 9.17) is 4.74 Å². The Hall–Kier alpha value is -1.53. The van der Waals surface area contributed by atoms with Crippen LogP contribution in [0.3, 0.4) is 0 Å². The summed E-state index contributed by atoms with van der Waals surface area (Å²) in [5.41, 5.74) is 0.350. The number of Topliss-reactive ketones (excluding diaryl/α,β-unsaturated/α-hetero) is 1. The Morgan fingerprint density at radius 3 is 2.45 bits per heavy atom. The molecular formula is C15H18F3NO3. The number of allylic oxidation sites excluding steroid dienone is 2. The molecule has 3 rings (SSSR count). The highest BCUT2D eigenvalue weighted by atomic mass is 19.4. The van der Waals surface area contributed by atoms with E-state index in [0.29, 0.717) is 31.5 Å². The smallest absolute Gasteiger partial charge is 0.454 e. The number of carbonyl (C=O) groups excluding carboxylic acids is 2. The van der Waals surface area contributed by atoms with E-state index in [9.17, 15) is 22.8 Å². The van der Waals surface area contributed by atoms with Crippen molar-refractivity contribution in [3.05, 3.63) is 11.3 Å². The van der Waals surface area contributed by atoms with Gasteiger partial charge in [0.05, 0.1) is 7.11 Å². The summed E-state index contributed by atoms with van der Waals surface area (Å²) in [6, 6.07) is -0.558. The molecule has 2 fully saturated rings.